The maximum absolute atomic E-state index is 13.1. The molecule has 2 fully saturated rings. The number of urea groups is 1. The number of morpholine rings is 1. The van der Waals surface area contributed by atoms with E-state index in [-0.39, 0.29) is 11.6 Å². The minimum Gasteiger partial charge on any atom is -0.379 e. The van der Waals surface area contributed by atoms with Crippen LogP contribution in [0.1, 0.15) is 12.0 Å². The molecule has 0 aliphatic carbocycles. The molecule has 0 bridgehead atoms. The SMILES string of the molecule is O=C(N1CCc2ccccc21)N1CCOCC12CCOC2. The number of ether oxygens (including phenoxy) is 2. The smallest absolute Gasteiger partial charge is 0.325 e. The lowest BCUT2D eigenvalue weighted by Crippen LogP contribution is -2.62. The van der Waals surface area contributed by atoms with E-state index in [9.17, 15) is 4.79 Å². The van der Waals surface area contributed by atoms with E-state index in [0.717, 1.165) is 25.1 Å². The molecule has 3 heterocycles. The van der Waals surface area contributed by atoms with Crippen molar-refractivity contribution >= 4 is 11.7 Å². The van der Waals surface area contributed by atoms with Gasteiger partial charge in [0.25, 0.3) is 0 Å². The Hall–Kier alpha value is -1.59. The molecule has 0 aromatic heterocycles. The minimum atomic E-state index is -0.257. The maximum atomic E-state index is 13.1. The number of amides is 2. The number of rotatable bonds is 0. The van der Waals surface area contributed by atoms with Crippen LogP contribution in [0.15, 0.2) is 24.3 Å². The number of benzene rings is 1. The zero-order valence-electron chi connectivity index (χ0n) is 12.1. The molecular weight excluding hydrogens is 268 g/mol. The van der Waals surface area contributed by atoms with Gasteiger partial charge in [-0.15, -0.1) is 0 Å². The fraction of sp³-hybridized carbons (Fsp3) is 0.562. The van der Waals surface area contributed by atoms with Crippen molar-refractivity contribution in [3.63, 3.8) is 0 Å². The Balaban J connectivity index is 1.62. The minimum absolute atomic E-state index is 0.105. The van der Waals surface area contributed by atoms with Gasteiger partial charge in [-0.05, 0) is 24.5 Å². The van der Waals surface area contributed by atoms with Crippen LogP contribution in [-0.4, -0.2) is 56.0 Å². The van der Waals surface area contributed by atoms with Gasteiger partial charge in [-0.25, -0.2) is 4.79 Å². The number of hydrogen-bond donors (Lipinski definition) is 0. The predicted molar refractivity (Wildman–Crippen MR) is 78.6 cm³/mol. The molecule has 2 amide bonds. The van der Waals surface area contributed by atoms with Crippen LogP contribution in [0, 0.1) is 0 Å². The van der Waals surface area contributed by atoms with Gasteiger partial charge >= 0.3 is 6.03 Å². The summed E-state index contributed by atoms with van der Waals surface area (Å²) < 4.78 is 11.2. The quantitative estimate of drug-likeness (QED) is 0.729. The van der Waals surface area contributed by atoms with Gasteiger partial charge in [-0.2, -0.15) is 0 Å². The number of anilines is 1. The number of carbonyl (C=O) groups is 1. The molecule has 112 valence electrons. The standard InChI is InChI=1S/C16H20N2O3/c19-15(17-7-5-13-3-1-2-4-14(13)17)18-8-10-21-12-16(18)6-9-20-11-16/h1-4H,5-12H2. The lowest BCUT2D eigenvalue weighted by Gasteiger charge is -2.44. The number of fused-ring (bicyclic) bond motifs is 1. The summed E-state index contributed by atoms with van der Waals surface area (Å²) in [5, 5.41) is 0. The van der Waals surface area contributed by atoms with E-state index in [1.54, 1.807) is 0 Å². The van der Waals surface area contributed by atoms with Crippen LogP contribution in [0.4, 0.5) is 10.5 Å². The maximum Gasteiger partial charge on any atom is 0.325 e. The van der Waals surface area contributed by atoms with E-state index in [1.165, 1.54) is 5.56 Å². The summed E-state index contributed by atoms with van der Waals surface area (Å²) in [6.45, 7) is 3.93. The first-order chi connectivity index (χ1) is 10.3. The van der Waals surface area contributed by atoms with Crippen molar-refractivity contribution in [2.24, 2.45) is 0 Å². The van der Waals surface area contributed by atoms with Crippen LogP contribution in [0.5, 0.6) is 0 Å². The highest BCUT2D eigenvalue weighted by Gasteiger charge is 2.47. The zero-order valence-corrected chi connectivity index (χ0v) is 12.1. The van der Waals surface area contributed by atoms with Crippen molar-refractivity contribution in [3.8, 4) is 0 Å². The fourth-order valence-corrected chi connectivity index (χ4v) is 3.64. The zero-order chi connectivity index (χ0) is 14.3. The summed E-state index contributed by atoms with van der Waals surface area (Å²) in [4.78, 5) is 17.0. The highest BCUT2D eigenvalue weighted by molar-refractivity contribution is 5.94. The fourth-order valence-electron chi connectivity index (χ4n) is 3.64. The van der Waals surface area contributed by atoms with Crippen molar-refractivity contribution in [1.29, 1.82) is 0 Å². The summed E-state index contributed by atoms with van der Waals surface area (Å²) in [5.41, 5.74) is 2.06. The Morgan fingerprint density at radius 1 is 1.10 bits per heavy atom. The molecule has 5 heteroatoms. The van der Waals surface area contributed by atoms with Crippen molar-refractivity contribution in [1.82, 2.24) is 4.90 Å². The lowest BCUT2D eigenvalue weighted by molar-refractivity contribution is -0.0465. The molecule has 4 rings (SSSR count). The molecule has 0 radical (unpaired) electrons. The van der Waals surface area contributed by atoms with Gasteiger partial charge < -0.3 is 14.4 Å². The third kappa shape index (κ3) is 2.03. The van der Waals surface area contributed by atoms with Crippen LogP contribution in [0.3, 0.4) is 0 Å². The van der Waals surface area contributed by atoms with E-state index < -0.39 is 0 Å². The molecule has 1 spiro atoms. The second-order valence-electron chi connectivity index (χ2n) is 6.04. The second kappa shape index (κ2) is 5.00. The van der Waals surface area contributed by atoms with E-state index in [1.807, 2.05) is 28.0 Å². The Kier molecular flexibility index (Phi) is 3.12. The van der Waals surface area contributed by atoms with E-state index in [4.69, 9.17) is 9.47 Å². The van der Waals surface area contributed by atoms with Gasteiger partial charge in [0.2, 0.25) is 0 Å². The van der Waals surface area contributed by atoms with Gasteiger partial charge in [0.05, 0.1) is 25.4 Å². The first-order valence-corrected chi connectivity index (χ1v) is 7.63. The summed E-state index contributed by atoms with van der Waals surface area (Å²) in [6, 6.07) is 8.29. The highest BCUT2D eigenvalue weighted by Crippen LogP contribution is 2.34. The topological polar surface area (TPSA) is 42.0 Å². The Morgan fingerprint density at radius 2 is 1.90 bits per heavy atom. The summed E-state index contributed by atoms with van der Waals surface area (Å²) >= 11 is 0. The predicted octanol–water partition coefficient (Wildman–Crippen LogP) is 1.66. The van der Waals surface area contributed by atoms with Crippen LogP contribution >= 0.6 is 0 Å². The van der Waals surface area contributed by atoms with Crippen LogP contribution in [0.25, 0.3) is 0 Å². The summed E-state index contributed by atoms with van der Waals surface area (Å²) in [6.07, 6.45) is 1.81. The molecule has 1 unspecified atom stereocenters. The molecule has 3 aliphatic heterocycles. The van der Waals surface area contributed by atoms with Crippen LogP contribution in [-0.2, 0) is 15.9 Å². The number of hydrogen-bond acceptors (Lipinski definition) is 3. The van der Waals surface area contributed by atoms with E-state index >= 15 is 0 Å². The molecule has 1 atom stereocenters. The van der Waals surface area contributed by atoms with Crippen LogP contribution < -0.4 is 4.90 Å². The summed E-state index contributed by atoms with van der Waals surface area (Å²) in [5.74, 6) is 0. The van der Waals surface area contributed by atoms with Crippen molar-refractivity contribution in [2.45, 2.75) is 18.4 Å². The van der Waals surface area contributed by atoms with Crippen LogP contribution in [0.2, 0.25) is 0 Å². The highest BCUT2D eigenvalue weighted by atomic mass is 16.5. The Labute approximate surface area is 124 Å². The van der Waals surface area contributed by atoms with Gasteiger partial charge in [-0.1, -0.05) is 18.2 Å². The molecule has 1 aromatic rings. The average Bonchev–Trinajstić information content (AvgIpc) is 3.14. The van der Waals surface area contributed by atoms with Crippen molar-refractivity contribution in [3.05, 3.63) is 29.8 Å². The molecule has 1 aromatic carbocycles. The Morgan fingerprint density at radius 3 is 2.76 bits per heavy atom. The lowest BCUT2D eigenvalue weighted by atomic mass is 9.96. The third-order valence-electron chi connectivity index (χ3n) is 4.83. The monoisotopic (exact) mass is 288 g/mol. The van der Waals surface area contributed by atoms with Crippen molar-refractivity contribution in [2.75, 3.05) is 44.4 Å². The average molecular weight is 288 g/mol. The molecule has 3 aliphatic rings. The number of carbonyl (C=O) groups excluding carboxylic acids is 1. The molecule has 2 saturated heterocycles. The van der Waals surface area contributed by atoms with Gasteiger partial charge in [0.15, 0.2) is 0 Å². The number of para-hydroxylation sites is 1. The molecule has 0 saturated carbocycles. The van der Waals surface area contributed by atoms with Gasteiger partial charge in [-0.3, -0.25) is 4.90 Å². The second-order valence-corrected chi connectivity index (χ2v) is 6.04. The molecule has 0 N–H and O–H groups in total. The van der Waals surface area contributed by atoms with Crippen molar-refractivity contribution < 1.29 is 14.3 Å². The first-order valence-electron chi connectivity index (χ1n) is 7.63. The molecule has 21 heavy (non-hydrogen) atoms. The normalized spacial score (nSPS) is 28.2. The molecular formula is C16H20N2O3. The largest absolute Gasteiger partial charge is 0.379 e. The Bertz CT molecular complexity index is 554. The summed E-state index contributed by atoms with van der Waals surface area (Å²) in [7, 11) is 0. The van der Waals surface area contributed by atoms with E-state index in [0.29, 0.717) is 33.0 Å². The van der Waals surface area contributed by atoms with E-state index in [2.05, 4.69) is 6.07 Å². The third-order valence-corrected chi connectivity index (χ3v) is 4.83. The number of nitrogens with zero attached hydrogens (tertiary/aromatic N) is 2. The first kappa shape index (κ1) is 13.1. The molecule has 5 nitrogen and oxygen atoms in total. The van der Waals surface area contributed by atoms with Gasteiger partial charge in [0.1, 0.15) is 0 Å². The van der Waals surface area contributed by atoms with Gasteiger partial charge in [0, 0.05) is 25.4 Å².